The Kier molecular flexibility index (Phi) is 16.5. The molecule has 386 valence electrons. The van der Waals surface area contributed by atoms with E-state index in [1.807, 2.05) is 92.3 Å². The van der Waals surface area contributed by atoms with Gasteiger partial charge in [0, 0.05) is 83.0 Å². The summed E-state index contributed by atoms with van der Waals surface area (Å²) in [5, 5.41) is 3.16. The number of rotatable bonds is 24. The lowest BCUT2D eigenvalue weighted by molar-refractivity contribution is -0.118. The number of hydrogen-bond acceptors (Lipinski definition) is 13. The van der Waals surface area contributed by atoms with Gasteiger partial charge >= 0.3 is 0 Å². The summed E-state index contributed by atoms with van der Waals surface area (Å²) in [5.74, 6) is 1.79. The number of hydrogen-bond donors (Lipinski definition) is 1. The number of carbonyl (C=O) groups excluding carboxylic acids is 3. The Hall–Kier alpha value is -6.65. The highest BCUT2D eigenvalue weighted by molar-refractivity contribution is 6.13. The monoisotopic (exact) mass is 995 g/mol. The third-order valence-electron chi connectivity index (χ3n) is 14.4. The van der Waals surface area contributed by atoms with Crippen LogP contribution in [-0.2, 0) is 45.1 Å². The van der Waals surface area contributed by atoms with Crippen LogP contribution in [-0.4, -0.2) is 130 Å². The standard InChI is InChI=1S/C58H70N6O9/c1-7-59-34-47(65)15-12-18-62(19-20-70-23-24-71-22-21-68-5)44-27-40(37-72-54-32-52-48(25-39(54)2)57(66)63-45(35-60(52)3)29-42-13-8-10-16-50(42)63)26-41(28-44)38-73-56-33-53-49(31-55(56)69-6)58(67)64-46(36-61(53)4)30-43-14-9-11-17-51(43)64/h8-11,13-14,16-17,25-28,31-33,45-46,59H,7,12,15,18-24,29-30,34-38H2,1-6H3/t45-,46-/m0/s1. The minimum atomic E-state index is -0.0587. The van der Waals surface area contributed by atoms with Crippen molar-refractivity contribution in [2.24, 2.45) is 0 Å². The molecule has 0 unspecified atom stereocenters. The topological polar surface area (TPSA) is 135 Å². The molecule has 4 aliphatic heterocycles. The molecule has 0 aliphatic carbocycles. The van der Waals surface area contributed by atoms with Gasteiger partial charge in [0.15, 0.2) is 11.5 Å². The van der Waals surface area contributed by atoms with Crippen molar-refractivity contribution in [1.82, 2.24) is 5.32 Å². The molecule has 73 heavy (non-hydrogen) atoms. The van der Waals surface area contributed by atoms with Gasteiger partial charge in [0.1, 0.15) is 24.7 Å². The van der Waals surface area contributed by atoms with E-state index in [0.717, 1.165) is 64.5 Å². The van der Waals surface area contributed by atoms with Crippen LogP contribution in [0, 0.1) is 6.92 Å². The van der Waals surface area contributed by atoms with E-state index in [9.17, 15) is 14.4 Å². The van der Waals surface area contributed by atoms with Gasteiger partial charge < -0.3 is 58.2 Å². The fraction of sp³-hybridized carbons (Fsp3) is 0.431. The largest absolute Gasteiger partial charge is 0.493 e. The number of para-hydroxylation sites is 2. The van der Waals surface area contributed by atoms with Gasteiger partial charge in [-0.25, -0.2) is 0 Å². The minimum Gasteiger partial charge on any atom is -0.493 e. The van der Waals surface area contributed by atoms with Crippen LogP contribution in [0.5, 0.6) is 17.2 Å². The SMILES string of the molecule is CCNCC(=O)CCCN(CCOCCOCCOC)c1cc(COc2cc3c(cc2C)C(=O)N2c4ccccc4C[C@H]2CN3C)cc(COc2cc3c(cc2OC)C(=O)N2c4ccccc4C[C@H]2CN3C)c1. The number of aryl methyl sites for hydroxylation is 1. The fourth-order valence-corrected chi connectivity index (χ4v) is 10.7. The first-order chi connectivity index (χ1) is 35.5. The van der Waals surface area contributed by atoms with Gasteiger partial charge in [0.05, 0.1) is 81.3 Å². The molecule has 4 heterocycles. The van der Waals surface area contributed by atoms with Crippen LogP contribution in [0.1, 0.15) is 68.3 Å². The van der Waals surface area contributed by atoms with Crippen LogP contribution in [0.4, 0.5) is 28.4 Å². The zero-order valence-corrected chi connectivity index (χ0v) is 43.2. The molecule has 5 aromatic rings. The summed E-state index contributed by atoms with van der Waals surface area (Å²) in [6.45, 7) is 10.4. The first-order valence-electron chi connectivity index (χ1n) is 25.7. The van der Waals surface area contributed by atoms with Crippen LogP contribution < -0.4 is 44.0 Å². The van der Waals surface area contributed by atoms with E-state index < -0.39 is 0 Å². The predicted molar refractivity (Wildman–Crippen MR) is 286 cm³/mol. The number of nitrogens with zero attached hydrogens (tertiary/aromatic N) is 5. The molecular formula is C58H70N6O9. The number of methoxy groups -OCH3 is 2. The molecule has 15 heteroatoms. The number of nitrogens with one attached hydrogen (secondary N) is 1. The van der Waals surface area contributed by atoms with E-state index in [0.29, 0.717) is 107 Å². The van der Waals surface area contributed by atoms with Gasteiger partial charge in [0.2, 0.25) is 0 Å². The Morgan fingerprint density at radius 2 is 1.22 bits per heavy atom. The molecule has 0 bridgehead atoms. The summed E-state index contributed by atoms with van der Waals surface area (Å²) in [7, 11) is 7.31. The van der Waals surface area contributed by atoms with Crippen molar-refractivity contribution < 1.29 is 42.8 Å². The van der Waals surface area contributed by atoms with Crippen molar-refractivity contribution in [2.75, 3.05) is 125 Å². The smallest absolute Gasteiger partial charge is 0.260 e. The Morgan fingerprint density at radius 1 is 0.658 bits per heavy atom. The number of amides is 2. The van der Waals surface area contributed by atoms with Crippen molar-refractivity contribution in [3.05, 3.63) is 130 Å². The fourth-order valence-electron chi connectivity index (χ4n) is 10.7. The normalized spacial score (nSPS) is 16.5. The zero-order chi connectivity index (χ0) is 51.0. The molecule has 0 saturated heterocycles. The molecule has 0 radical (unpaired) electrons. The Bertz CT molecular complexity index is 2780. The second kappa shape index (κ2) is 23.5. The summed E-state index contributed by atoms with van der Waals surface area (Å²) >= 11 is 0. The lowest BCUT2D eigenvalue weighted by atomic mass is 10.1. The second-order valence-corrected chi connectivity index (χ2v) is 19.5. The molecule has 0 aromatic heterocycles. The lowest BCUT2D eigenvalue weighted by Gasteiger charge is -2.27. The average Bonchev–Trinajstić information content (AvgIpc) is 3.90. The highest BCUT2D eigenvalue weighted by Gasteiger charge is 2.41. The molecule has 0 fully saturated rings. The van der Waals surface area contributed by atoms with E-state index >= 15 is 0 Å². The summed E-state index contributed by atoms with van der Waals surface area (Å²) in [6.07, 6.45) is 2.70. The number of ketones is 1. The number of benzene rings is 5. The third kappa shape index (κ3) is 11.4. The maximum atomic E-state index is 14.4. The summed E-state index contributed by atoms with van der Waals surface area (Å²) in [6, 6.07) is 30.4. The zero-order valence-electron chi connectivity index (χ0n) is 43.2. The molecule has 5 aromatic carbocycles. The van der Waals surface area contributed by atoms with Crippen LogP contribution in [0.2, 0.25) is 0 Å². The predicted octanol–water partition coefficient (Wildman–Crippen LogP) is 7.65. The molecule has 1 N–H and O–H groups in total. The first kappa shape index (κ1) is 51.3. The van der Waals surface area contributed by atoms with E-state index in [2.05, 4.69) is 50.3 Å². The maximum absolute atomic E-state index is 14.4. The minimum absolute atomic E-state index is 0.00257. The van der Waals surface area contributed by atoms with Gasteiger partial charge in [0.25, 0.3) is 11.8 Å². The number of carbonyl (C=O) groups is 3. The summed E-state index contributed by atoms with van der Waals surface area (Å²) in [5.41, 5.74) is 10.7. The third-order valence-corrected chi connectivity index (χ3v) is 14.4. The quantitative estimate of drug-likeness (QED) is 0.0608. The molecule has 4 aliphatic rings. The van der Waals surface area contributed by atoms with Crippen molar-refractivity contribution in [2.45, 2.75) is 64.8 Å². The van der Waals surface area contributed by atoms with E-state index in [1.54, 1.807) is 20.3 Å². The van der Waals surface area contributed by atoms with Crippen LogP contribution in [0.3, 0.4) is 0 Å². The molecule has 2 amide bonds. The Balaban J connectivity index is 0.994. The van der Waals surface area contributed by atoms with E-state index in [1.165, 1.54) is 11.1 Å². The van der Waals surface area contributed by atoms with Crippen LogP contribution in [0.25, 0.3) is 0 Å². The average molecular weight is 995 g/mol. The van der Waals surface area contributed by atoms with E-state index in [4.69, 9.17) is 28.4 Å². The first-order valence-corrected chi connectivity index (χ1v) is 25.7. The second-order valence-electron chi connectivity index (χ2n) is 19.5. The van der Waals surface area contributed by atoms with Gasteiger partial charge in [-0.3, -0.25) is 14.4 Å². The number of fused-ring (bicyclic) bond motifs is 8. The van der Waals surface area contributed by atoms with Crippen LogP contribution in [0.15, 0.2) is 91.0 Å². The number of likely N-dealkylation sites (N-methyl/N-ethyl adjacent to an activating group) is 3. The molecular weight excluding hydrogens is 925 g/mol. The molecule has 2 atom stereocenters. The highest BCUT2D eigenvalue weighted by Crippen LogP contribution is 2.43. The van der Waals surface area contributed by atoms with Gasteiger partial charge in [-0.05, 0) is 103 Å². The molecule has 0 spiro atoms. The van der Waals surface area contributed by atoms with Crippen molar-refractivity contribution in [3.63, 3.8) is 0 Å². The Morgan fingerprint density at radius 3 is 1.82 bits per heavy atom. The molecule has 15 nitrogen and oxygen atoms in total. The highest BCUT2D eigenvalue weighted by atomic mass is 16.5. The number of ether oxygens (including phenoxy) is 6. The maximum Gasteiger partial charge on any atom is 0.260 e. The summed E-state index contributed by atoms with van der Waals surface area (Å²) < 4.78 is 36.2. The number of anilines is 5. The van der Waals surface area contributed by atoms with E-state index in [-0.39, 0.29) is 42.9 Å². The van der Waals surface area contributed by atoms with Crippen LogP contribution >= 0.6 is 0 Å². The molecule has 9 rings (SSSR count). The van der Waals surface area contributed by atoms with Gasteiger partial charge in [-0.15, -0.1) is 0 Å². The number of Topliss-reactive ketones (excluding diaryl/α,β-unsaturated/α-hetero) is 1. The van der Waals surface area contributed by atoms with Crippen molar-refractivity contribution in [3.8, 4) is 17.2 Å². The molecule has 0 saturated carbocycles. The summed E-state index contributed by atoms with van der Waals surface area (Å²) in [4.78, 5) is 52.0. The lowest BCUT2D eigenvalue weighted by Crippen LogP contribution is -2.41. The van der Waals surface area contributed by atoms with Gasteiger partial charge in [-0.1, -0.05) is 43.3 Å². The van der Waals surface area contributed by atoms with Gasteiger partial charge in [-0.2, -0.15) is 0 Å². The van der Waals surface area contributed by atoms with Crippen molar-refractivity contribution >= 4 is 46.0 Å². The Labute approximate surface area is 429 Å². The van der Waals surface area contributed by atoms with Crippen molar-refractivity contribution in [1.29, 1.82) is 0 Å².